The average molecular weight is 218 g/mol. The van der Waals surface area contributed by atoms with Crippen LogP contribution >= 0.6 is 22.9 Å². The standard InChI is InChI=1S/C8H8ClNO2S/c9-6-1-2-13-7(6)8(11)10-3-5-4-12-5/h1-2,5H,3-4H2,(H,10,11)/t5-/m0/s1. The van der Waals surface area contributed by atoms with Gasteiger partial charge in [-0.1, -0.05) is 11.6 Å². The Kier molecular flexibility index (Phi) is 2.53. The van der Waals surface area contributed by atoms with Crippen molar-refractivity contribution in [3.8, 4) is 0 Å². The van der Waals surface area contributed by atoms with Gasteiger partial charge in [-0.2, -0.15) is 0 Å². The maximum absolute atomic E-state index is 11.4. The van der Waals surface area contributed by atoms with Crippen molar-refractivity contribution in [2.24, 2.45) is 0 Å². The summed E-state index contributed by atoms with van der Waals surface area (Å²) < 4.78 is 4.96. The molecular formula is C8H8ClNO2S. The first-order valence-corrected chi connectivity index (χ1v) is 5.16. The zero-order valence-electron chi connectivity index (χ0n) is 6.75. The quantitative estimate of drug-likeness (QED) is 0.781. The summed E-state index contributed by atoms with van der Waals surface area (Å²) in [5.74, 6) is -0.115. The molecule has 0 spiro atoms. The number of hydrogen-bond acceptors (Lipinski definition) is 3. The van der Waals surface area contributed by atoms with E-state index in [1.807, 2.05) is 0 Å². The molecule has 13 heavy (non-hydrogen) atoms. The van der Waals surface area contributed by atoms with E-state index in [0.717, 1.165) is 6.61 Å². The molecule has 0 unspecified atom stereocenters. The van der Waals surface area contributed by atoms with Gasteiger partial charge in [0.1, 0.15) is 4.88 Å². The van der Waals surface area contributed by atoms with Gasteiger partial charge in [-0.15, -0.1) is 11.3 Å². The molecule has 2 heterocycles. The number of carbonyl (C=O) groups excluding carboxylic acids is 1. The number of hydrogen-bond donors (Lipinski definition) is 1. The fourth-order valence-electron chi connectivity index (χ4n) is 0.928. The predicted molar refractivity (Wildman–Crippen MR) is 51.4 cm³/mol. The molecule has 1 fully saturated rings. The number of carbonyl (C=O) groups is 1. The fourth-order valence-corrected chi connectivity index (χ4v) is 1.99. The maximum atomic E-state index is 11.4. The van der Waals surface area contributed by atoms with Gasteiger partial charge in [0.05, 0.1) is 17.7 Å². The summed E-state index contributed by atoms with van der Waals surface area (Å²) in [4.78, 5) is 12.0. The van der Waals surface area contributed by atoms with E-state index in [9.17, 15) is 4.79 Å². The molecule has 1 aromatic heterocycles. The van der Waals surface area contributed by atoms with Crippen LogP contribution in [0.1, 0.15) is 9.67 Å². The van der Waals surface area contributed by atoms with E-state index in [1.165, 1.54) is 11.3 Å². The molecule has 1 aromatic rings. The molecule has 1 aliphatic heterocycles. The summed E-state index contributed by atoms with van der Waals surface area (Å²) >= 11 is 7.13. The van der Waals surface area contributed by atoms with E-state index in [0.29, 0.717) is 16.4 Å². The zero-order valence-corrected chi connectivity index (χ0v) is 8.32. The molecule has 0 aromatic carbocycles. The summed E-state index contributed by atoms with van der Waals surface area (Å²) in [5, 5.41) is 5.06. The first kappa shape index (κ1) is 8.99. The van der Waals surface area contributed by atoms with Crippen LogP contribution in [0.3, 0.4) is 0 Å². The Bertz CT molecular complexity index is 322. The lowest BCUT2D eigenvalue weighted by atomic mass is 10.4. The Balaban J connectivity index is 1.92. The predicted octanol–water partition coefficient (Wildman–Crippen LogP) is 1.53. The lowest BCUT2D eigenvalue weighted by molar-refractivity contribution is 0.0954. The van der Waals surface area contributed by atoms with Crippen molar-refractivity contribution >= 4 is 28.8 Å². The third-order valence-corrected chi connectivity index (χ3v) is 3.06. The summed E-state index contributed by atoms with van der Waals surface area (Å²) in [7, 11) is 0. The highest BCUT2D eigenvalue weighted by molar-refractivity contribution is 7.12. The van der Waals surface area contributed by atoms with Crippen molar-refractivity contribution in [2.75, 3.05) is 13.2 Å². The Morgan fingerprint density at radius 1 is 1.85 bits per heavy atom. The second kappa shape index (κ2) is 3.65. The molecule has 3 nitrogen and oxygen atoms in total. The lowest BCUT2D eigenvalue weighted by Crippen LogP contribution is -2.26. The van der Waals surface area contributed by atoms with E-state index in [4.69, 9.17) is 16.3 Å². The SMILES string of the molecule is O=C(NC[C@H]1CO1)c1sccc1Cl. The largest absolute Gasteiger partial charge is 0.371 e. The van der Waals surface area contributed by atoms with Gasteiger partial charge >= 0.3 is 0 Å². The second-order valence-electron chi connectivity index (χ2n) is 2.76. The molecule has 1 N–H and O–H groups in total. The molecule has 70 valence electrons. The lowest BCUT2D eigenvalue weighted by Gasteiger charge is -2.00. The minimum absolute atomic E-state index is 0.115. The van der Waals surface area contributed by atoms with Crippen LogP contribution < -0.4 is 5.32 Å². The number of thiophene rings is 1. The third-order valence-electron chi connectivity index (χ3n) is 1.72. The van der Waals surface area contributed by atoms with Crippen molar-refractivity contribution in [2.45, 2.75) is 6.10 Å². The third kappa shape index (κ3) is 2.21. The van der Waals surface area contributed by atoms with Crippen LogP contribution in [-0.2, 0) is 4.74 Å². The van der Waals surface area contributed by atoms with E-state index >= 15 is 0 Å². The topological polar surface area (TPSA) is 41.6 Å². The van der Waals surface area contributed by atoms with Crippen LogP contribution in [-0.4, -0.2) is 25.2 Å². The summed E-state index contributed by atoms with van der Waals surface area (Å²) in [5.41, 5.74) is 0. The first-order chi connectivity index (χ1) is 6.27. The first-order valence-electron chi connectivity index (χ1n) is 3.90. The molecule has 1 saturated heterocycles. The number of ether oxygens (including phenoxy) is 1. The van der Waals surface area contributed by atoms with Crippen LogP contribution in [0.5, 0.6) is 0 Å². The van der Waals surface area contributed by atoms with Gasteiger partial charge in [-0.25, -0.2) is 0 Å². The smallest absolute Gasteiger partial charge is 0.262 e. The van der Waals surface area contributed by atoms with Crippen molar-refractivity contribution < 1.29 is 9.53 Å². The summed E-state index contributed by atoms with van der Waals surface area (Å²) in [6.45, 7) is 1.32. The van der Waals surface area contributed by atoms with Gasteiger partial charge < -0.3 is 10.1 Å². The highest BCUT2D eigenvalue weighted by atomic mass is 35.5. The molecule has 1 amide bonds. The van der Waals surface area contributed by atoms with Gasteiger partial charge in [-0.3, -0.25) is 4.79 Å². The molecule has 0 saturated carbocycles. The van der Waals surface area contributed by atoms with Crippen LogP contribution in [0, 0.1) is 0 Å². The van der Waals surface area contributed by atoms with Gasteiger partial charge in [-0.05, 0) is 11.4 Å². The monoisotopic (exact) mass is 217 g/mol. The van der Waals surface area contributed by atoms with Gasteiger partial charge in [0.25, 0.3) is 5.91 Å². The molecule has 1 atom stereocenters. The van der Waals surface area contributed by atoms with Crippen LogP contribution in [0.15, 0.2) is 11.4 Å². The van der Waals surface area contributed by atoms with E-state index in [2.05, 4.69) is 5.32 Å². The van der Waals surface area contributed by atoms with Crippen LogP contribution in [0.25, 0.3) is 0 Å². The Hall–Kier alpha value is -0.580. The minimum atomic E-state index is -0.115. The van der Waals surface area contributed by atoms with Crippen molar-refractivity contribution in [1.29, 1.82) is 0 Å². The molecule has 2 rings (SSSR count). The summed E-state index contributed by atoms with van der Waals surface area (Å²) in [6.07, 6.45) is 0.211. The molecule has 0 aliphatic carbocycles. The van der Waals surface area contributed by atoms with Gasteiger partial charge in [0.15, 0.2) is 0 Å². The maximum Gasteiger partial charge on any atom is 0.262 e. The van der Waals surface area contributed by atoms with Crippen molar-refractivity contribution in [1.82, 2.24) is 5.32 Å². The van der Waals surface area contributed by atoms with Crippen molar-refractivity contribution in [3.63, 3.8) is 0 Å². The van der Waals surface area contributed by atoms with E-state index < -0.39 is 0 Å². The van der Waals surface area contributed by atoms with Crippen molar-refractivity contribution in [3.05, 3.63) is 21.3 Å². The van der Waals surface area contributed by atoms with E-state index in [-0.39, 0.29) is 12.0 Å². The fraction of sp³-hybridized carbons (Fsp3) is 0.375. The number of epoxide rings is 1. The van der Waals surface area contributed by atoms with Gasteiger partial charge in [0, 0.05) is 6.54 Å². The van der Waals surface area contributed by atoms with Crippen LogP contribution in [0.4, 0.5) is 0 Å². The number of halogens is 1. The second-order valence-corrected chi connectivity index (χ2v) is 4.09. The average Bonchev–Trinajstić information content (AvgIpc) is 2.84. The van der Waals surface area contributed by atoms with E-state index in [1.54, 1.807) is 11.4 Å². The highest BCUT2D eigenvalue weighted by Gasteiger charge is 2.23. The number of nitrogens with one attached hydrogen (secondary N) is 1. The molecule has 0 bridgehead atoms. The Morgan fingerprint density at radius 2 is 2.62 bits per heavy atom. The number of rotatable bonds is 3. The van der Waals surface area contributed by atoms with Gasteiger partial charge in [0.2, 0.25) is 0 Å². The minimum Gasteiger partial charge on any atom is -0.371 e. The molecular weight excluding hydrogens is 210 g/mol. The summed E-state index contributed by atoms with van der Waals surface area (Å²) in [6, 6.07) is 1.72. The molecule has 0 radical (unpaired) electrons. The zero-order chi connectivity index (χ0) is 9.26. The Morgan fingerprint density at radius 3 is 3.15 bits per heavy atom. The molecule has 5 heteroatoms. The van der Waals surface area contributed by atoms with Crippen LogP contribution in [0.2, 0.25) is 5.02 Å². The number of amides is 1. The Labute approximate surface area is 84.7 Å². The highest BCUT2D eigenvalue weighted by Crippen LogP contribution is 2.21. The normalized spacial score (nSPS) is 19.9. The molecule has 1 aliphatic rings.